The lowest BCUT2D eigenvalue weighted by Crippen LogP contribution is -2.09. The number of thioether (sulfide) groups is 1. The zero-order valence-electron chi connectivity index (χ0n) is 18.8. The lowest BCUT2D eigenvalue weighted by molar-refractivity contribution is -0.140. The number of Topliss-reactive ketones (excluding diaryl/α,β-unsaturated/α-hetero) is 1. The predicted octanol–water partition coefficient (Wildman–Crippen LogP) is 4.16. The number of hydrogen-bond acceptors (Lipinski definition) is 7. The molecule has 3 aromatic heterocycles. The molecule has 8 nitrogen and oxygen atoms in total. The van der Waals surface area contributed by atoms with Gasteiger partial charge in [0.05, 0.1) is 30.1 Å². The number of fused-ring (bicyclic) bond motifs is 1. The average Bonchev–Trinajstić information content (AvgIpc) is 3.39. The maximum atomic E-state index is 13.0. The molecule has 0 saturated heterocycles. The Morgan fingerprint density at radius 3 is 2.67 bits per heavy atom. The van der Waals surface area contributed by atoms with Crippen LogP contribution < -0.4 is 0 Å². The van der Waals surface area contributed by atoms with Crippen LogP contribution in [-0.2, 0) is 16.1 Å². The number of rotatable bonds is 9. The summed E-state index contributed by atoms with van der Waals surface area (Å²) in [6, 6.07) is 11.7. The van der Waals surface area contributed by atoms with Gasteiger partial charge in [0.25, 0.3) is 0 Å². The van der Waals surface area contributed by atoms with E-state index in [0.29, 0.717) is 30.6 Å². The third-order valence-corrected chi connectivity index (χ3v) is 6.54. The van der Waals surface area contributed by atoms with E-state index < -0.39 is 0 Å². The molecule has 0 saturated carbocycles. The van der Waals surface area contributed by atoms with Gasteiger partial charge in [-0.15, -0.1) is 0 Å². The van der Waals surface area contributed by atoms with E-state index in [1.165, 1.54) is 25.2 Å². The molecule has 4 rings (SSSR count). The summed E-state index contributed by atoms with van der Waals surface area (Å²) < 4.78 is 8.55. The van der Waals surface area contributed by atoms with Crippen molar-refractivity contribution in [2.45, 2.75) is 38.3 Å². The Morgan fingerprint density at radius 2 is 1.91 bits per heavy atom. The summed E-state index contributed by atoms with van der Waals surface area (Å²) in [5.41, 5.74) is 4.23. The highest BCUT2D eigenvalue weighted by Crippen LogP contribution is 2.27. The Morgan fingerprint density at radius 1 is 1.12 bits per heavy atom. The molecule has 0 N–H and O–H groups in total. The summed E-state index contributed by atoms with van der Waals surface area (Å²) >= 11 is 1.39. The van der Waals surface area contributed by atoms with Crippen LogP contribution in [0.4, 0.5) is 0 Å². The van der Waals surface area contributed by atoms with Crippen LogP contribution in [0.1, 0.15) is 34.6 Å². The van der Waals surface area contributed by atoms with Gasteiger partial charge in [0, 0.05) is 29.9 Å². The minimum Gasteiger partial charge on any atom is -0.469 e. The Balaban J connectivity index is 1.48. The highest BCUT2D eigenvalue weighted by atomic mass is 32.2. The second kappa shape index (κ2) is 9.99. The number of ketones is 1. The highest BCUT2D eigenvalue weighted by molar-refractivity contribution is 8.00. The maximum Gasteiger partial charge on any atom is 0.305 e. The van der Waals surface area contributed by atoms with Crippen LogP contribution in [0, 0.1) is 13.8 Å². The standard InChI is InChI=1S/C24H25N5O3S/c1-16-12-19(17(2)28(16)11-7-10-22(31)32-3)21(30)14-33-24-20-13-27-29(23(20)25-15-26-24)18-8-5-4-6-9-18/h4-6,8-9,12-13,15H,7,10-11,14H2,1-3H3. The summed E-state index contributed by atoms with van der Waals surface area (Å²) in [7, 11) is 1.39. The van der Waals surface area contributed by atoms with Crippen molar-refractivity contribution in [1.82, 2.24) is 24.3 Å². The van der Waals surface area contributed by atoms with Crippen molar-refractivity contribution in [2.75, 3.05) is 12.9 Å². The van der Waals surface area contributed by atoms with E-state index in [9.17, 15) is 9.59 Å². The van der Waals surface area contributed by atoms with E-state index in [1.54, 1.807) is 10.9 Å². The Kier molecular flexibility index (Phi) is 6.88. The Labute approximate surface area is 196 Å². The number of carbonyl (C=O) groups excluding carboxylic acids is 2. The van der Waals surface area contributed by atoms with Crippen LogP contribution in [-0.4, -0.2) is 48.9 Å². The molecule has 0 spiro atoms. The van der Waals surface area contributed by atoms with Gasteiger partial charge < -0.3 is 9.30 Å². The van der Waals surface area contributed by atoms with Gasteiger partial charge in [0.2, 0.25) is 0 Å². The molecule has 170 valence electrons. The molecule has 9 heteroatoms. The average molecular weight is 464 g/mol. The molecule has 1 aromatic carbocycles. The molecule has 0 radical (unpaired) electrons. The van der Waals surface area contributed by atoms with Gasteiger partial charge in [0.1, 0.15) is 11.4 Å². The zero-order valence-corrected chi connectivity index (χ0v) is 19.6. The van der Waals surface area contributed by atoms with Crippen molar-refractivity contribution in [2.24, 2.45) is 0 Å². The first-order chi connectivity index (χ1) is 16.0. The SMILES string of the molecule is COC(=O)CCCn1c(C)cc(C(=O)CSc2ncnc3c2cnn3-c2ccccc2)c1C. The third kappa shape index (κ3) is 4.83. The van der Waals surface area contributed by atoms with E-state index in [-0.39, 0.29) is 17.5 Å². The lowest BCUT2D eigenvalue weighted by atomic mass is 10.2. The van der Waals surface area contributed by atoms with Crippen molar-refractivity contribution in [3.8, 4) is 5.69 Å². The van der Waals surface area contributed by atoms with E-state index >= 15 is 0 Å². The fourth-order valence-corrected chi connectivity index (χ4v) is 4.66. The van der Waals surface area contributed by atoms with E-state index in [4.69, 9.17) is 4.74 Å². The van der Waals surface area contributed by atoms with Crippen molar-refractivity contribution >= 4 is 34.5 Å². The molecule has 0 aliphatic heterocycles. The van der Waals surface area contributed by atoms with Gasteiger partial charge in [-0.25, -0.2) is 14.6 Å². The number of ether oxygens (including phenoxy) is 1. The molecule has 33 heavy (non-hydrogen) atoms. The molecule has 0 bridgehead atoms. The van der Waals surface area contributed by atoms with Gasteiger partial charge in [-0.05, 0) is 38.5 Å². The van der Waals surface area contributed by atoms with Crippen LogP contribution >= 0.6 is 11.8 Å². The van der Waals surface area contributed by atoms with Crippen LogP contribution in [0.25, 0.3) is 16.7 Å². The maximum absolute atomic E-state index is 13.0. The number of methoxy groups -OCH3 is 1. The molecule has 0 fully saturated rings. The first kappa shape index (κ1) is 22.7. The molecule has 0 aliphatic rings. The van der Waals surface area contributed by atoms with Crippen LogP contribution in [0.2, 0.25) is 0 Å². The fourth-order valence-electron chi connectivity index (χ4n) is 3.82. The number of carbonyl (C=O) groups is 2. The van der Waals surface area contributed by atoms with Gasteiger partial charge >= 0.3 is 5.97 Å². The summed E-state index contributed by atoms with van der Waals surface area (Å²) in [6.45, 7) is 4.58. The third-order valence-electron chi connectivity index (χ3n) is 5.53. The minimum absolute atomic E-state index is 0.0366. The number of para-hydroxylation sites is 1. The zero-order chi connectivity index (χ0) is 23.4. The molecular formula is C24H25N5O3S. The lowest BCUT2D eigenvalue weighted by Gasteiger charge is -2.09. The number of esters is 1. The van der Waals surface area contributed by atoms with Crippen LogP contribution in [0.5, 0.6) is 0 Å². The molecule has 0 unspecified atom stereocenters. The van der Waals surface area contributed by atoms with Gasteiger partial charge in [-0.1, -0.05) is 30.0 Å². The number of benzene rings is 1. The number of hydrogen-bond donors (Lipinski definition) is 0. The summed E-state index contributed by atoms with van der Waals surface area (Å²) in [5.74, 6) is 0.0705. The number of nitrogens with zero attached hydrogens (tertiary/aromatic N) is 5. The van der Waals surface area contributed by atoms with E-state index in [0.717, 1.165) is 27.5 Å². The first-order valence-electron chi connectivity index (χ1n) is 10.6. The van der Waals surface area contributed by atoms with Crippen LogP contribution in [0.3, 0.4) is 0 Å². The normalized spacial score (nSPS) is 11.1. The summed E-state index contributed by atoms with van der Waals surface area (Å²) in [5, 5.41) is 6.00. The van der Waals surface area contributed by atoms with Gasteiger partial charge in [-0.2, -0.15) is 5.10 Å². The molecule has 4 aromatic rings. The van der Waals surface area contributed by atoms with E-state index in [1.807, 2.05) is 50.2 Å². The Hall–Kier alpha value is -3.46. The number of aryl methyl sites for hydroxylation is 1. The summed E-state index contributed by atoms with van der Waals surface area (Å²) in [6.07, 6.45) is 4.26. The van der Waals surface area contributed by atoms with Gasteiger partial charge in [0.15, 0.2) is 11.4 Å². The topological polar surface area (TPSA) is 91.9 Å². The van der Waals surface area contributed by atoms with Crippen LogP contribution in [0.15, 0.2) is 53.9 Å². The molecular weight excluding hydrogens is 438 g/mol. The quantitative estimate of drug-likeness (QED) is 0.159. The van der Waals surface area contributed by atoms with Crippen molar-refractivity contribution in [3.05, 3.63) is 65.9 Å². The molecule has 0 amide bonds. The Bertz CT molecular complexity index is 1300. The monoisotopic (exact) mass is 463 g/mol. The largest absolute Gasteiger partial charge is 0.469 e. The second-order valence-electron chi connectivity index (χ2n) is 7.64. The van der Waals surface area contributed by atoms with Gasteiger partial charge in [-0.3, -0.25) is 9.59 Å². The van der Waals surface area contributed by atoms with Crippen molar-refractivity contribution in [1.29, 1.82) is 0 Å². The van der Waals surface area contributed by atoms with Crippen molar-refractivity contribution < 1.29 is 14.3 Å². The predicted molar refractivity (Wildman–Crippen MR) is 127 cm³/mol. The van der Waals surface area contributed by atoms with Crippen molar-refractivity contribution in [3.63, 3.8) is 0 Å². The number of aromatic nitrogens is 5. The molecule has 3 heterocycles. The smallest absolute Gasteiger partial charge is 0.305 e. The first-order valence-corrected chi connectivity index (χ1v) is 11.6. The minimum atomic E-state index is -0.225. The second-order valence-corrected chi connectivity index (χ2v) is 8.60. The highest BCUT2D eigenvalue weighted by Gasteiger charge is 2.18. The fraction of sp³-hybridized carbons (Fsp3) is 0.292. The van der Waals surface area contributed by atoms with E-state index in [2.05, 4.69) is 19.6 Å². The summed E-state index contributed by atoms with van der Waals surface area (Å²) in [4.78, 5) is 33.2. The molecule has 0 aliphatic carbocycles. The molecule has 0 atom stereocenters.